The number of methoxy groups -OCH3 is 1. The summed E-state index contributed by atoms with van der Waals surface area (Å²) < 4.78 is 11.1. The van der Waals surface area contributed by atoms with Gasteiger partial charge in [0.1, 0.15) is 17.6 Å². The second kappa shape index (κ2) is 7.95. The molecule has 1 atom stereocenters. The first-order valence-corrected chi connectivity index (χ1v) is 9.98. The molecule has 2 saturated heterocycles. The van der Waals surface area contributed by atoms with E-state index >= 15 is 0 Å². The number of ether oxygens (including phenoxy) is 2. The molecule has 0 aliphatic carbocycles. The SMILES string of the molecule is COc1ccc(N2CC(C(=O)N3CC(Oc4cccc(C)c4)C3)CC2=O)cc1Cl. The fraction of sp³-hybridized carbons (Fsp3) is 0.364. The zero-order chi connectivity index (χ0) is 20.5. The van der Waals surface area contributed by atoms with Gasteiger partial charge in [-0.2, -0.15) is 0 Å². The van der Waals surface area contributed by atoms with Crippen LogP contribution in [0.5, 0.6) is 11.5 Å². The number of nitrogens with zero attached hydrogens (tertiary/aromatic N) is 2. The highest BCUT2D eigenvalue weighted by atomic mass is 35.5. The largest absolute Gasteiger partial charge is 0.495 e. The predicted molar refractivity (Wildman–Crippen MR) is 111 cm³/mol. The lowest BCUT2D eigenvalue weighted by Gasteiger charge is -2.40. The summed E-state index contributed by atoms with van der Waals surface area (Å²) in [5.74, 6) is 0.959. The highest BCUT2D eigenvalue weighted by molar-refractivity contribution is 6.32. The maximum Gasteiger partial charge on any atom is 0.228 e. The molecule has 0 spiro atoms. The van der Waals surface area contributed by atoms with Crippen molar-refractivity contribution in [1.29, 1.82) is 0 Å². The molecule has 4 rings (SSSR count). The first-order valence-electron chi connectivity index (χ1n) is 9.60. The van der Waals surface area contributed by atoms with Gasteiger partial charge in [0.05, 0.1) is 31.1 Å². The van der Waals surface area contributed by atoms with Gasteiger partial charge >= 0.3 is 0 Å². The highest BCUT2D eigenvalue weighted by Crippen LogP contribution is 2.33. The minimum absolute atomic E-state index is 0.00421. The standard InChI is InChI=1S/C22H23ClN2O4/c1-14-4-3-5-17(8-14)29-18-12-24(13-18)22(27)15-9-21(26)25(11-15)16-6-7-20(28-2)19(23)10-16/h3-8,10,15,18H,9,11-13H2,1-2H3. The van der Waals surface area contributed by atoms with Gasteiger partial charge in [0.25, 0.3) is 0 Å². The van der Waals surface area contributed by atoms with Gasteiger partial charge < -0.3 is 19.3 Å². The topological polar surface area (TPSA) is 59.1 Å². The molecule has 152 valence electrons. The zero-order valence-corrected chi connectivity index (χ0v) is 17.2. The smallest absolute Gasteiger partial charge is 0.228 e. The van der Waals surface area contributed by atoms with Gasteiger partial charge in [-0.05, 0) is 42.8 Å². The summed E-state index contributed by atoms with van der Waals surface area (Å²) in [5.41, 5.74) is 1.82. The Labute approximate surface area is 174 Å². The average Bonchev–Trinajstić information content (AvgIpc) is 3.05. The fourth-order valence-corrected chi connectivity index (χ4v) is 4.03. The molecule has 2 aliphatic heterocycles. The van der Waals surface area contributed by atoms with E-state index < -0.39 is 0 Å². The number of halogens is 1. The normalized spacial score (nSPS) is 19.3. The molecule has 29 heavy (non-hydrogen) atoms. The molecular formula is C22H23ClN2O4. The molecular weight excluding hydrogens is 392 g/mol. The monoisotopic (exact) mass is 414 g/mol. The number of aryl methyl sites for hydroxylation is 1. The van der Waals surface area contributed by atoms with Crippen molar-refractivity contribution < 1.29 is 19.1 Å². The Morgan fingerprint density at radius 2 is 1.93 bits per heavy atom. The van der Waals surface area contributed by atoms with Gasteiger partial charge in [0.15, 0.2) is 0 Å². The summed E-state index contributed by atoms with van der Waals surface area (Å²) >= 11 is 6.18. The second-order valence-electron chi connectivity index (χ2n) is 7.52. The van der Waals surface area contributed by atoms with Crippen LogP contribution in [0.15, 0.2) is 42.5 Å². The molecule has 2 aromatic carbocycles. The number of hydrogen-bond donors (Lipinski definition) is 0. The van der Waals surface area contributed by atoms with E-state index in [1.165, 1.54) is 0 Å². The van der Waals surface area contributed by atoms with Gasteiger partial charge in [-0.15, -0.1) is 0 Å². The van der Waals surface area contributed by atoms with Crippen LogP contribution in [0.3, 0.4) is 0 Å². The quantitative estimate of drug-likeness (QED) is 0.753. The number of carbonyl (C=O) groups excluding carboxylic acids is 2. The van der Waals surface area contributed by atoms with Crippen molar-refractivity contribution >= 4 is 29.1 Å². The van der Waals surface area contributed by atoms with E-state index in [2.05, 4.69) is 0 Å². The Kier molecular flexibility index (Phi) is 5.37. The van der Waals surface area contributed by atoms with E-state index in [0.29, 0.717) is 36.1 Å². The van der Waals surface area contributed by atoms with Gasteiger partial charge in [-0.1, -0.05) is 23.7 Å². The first-order chi connectivity index (χ1) is 13.9. The van der Waals surface area contributed by atoms with Crippen molar-refractivity contribution in [3.8, 4) is 11.5 Å². The molecule has 6 nitrogen and oxygen atoms in total. The summed E-state index contributed by atoms with van der Waals surface area (Å²) in [4.78, 5) is 28.7. The van der Waals surface area contributed by atoms with Crippen LogP contribution in [0.1, 0.15) is 12.0 Å². The molecule has 1 unspecified atom stereocenters. The predicted octanol–water partition coefficient (Wildman–Crippen LogP) is 3.30. The number of amides is 2. The number of rotatable bonds is 5. The number of carbonyl (C=O) groups is 2. The summed E-state index contributed by atoms with van der Waals surface area (Å²) in [6.07, 6.45) is 0.205. The van der Waals surface area contributed by atoms with Crippen molar-refractivity contribution in [3.63, 3.8) is 0 Å². The third-order valence-electron chi connectivity index (χ3n) is 5.37. The van der Waals surface area contributed by atoms with Crippen LogP contribution >= 0.6 is 11.6 Å². The third-order valence-corrected chi connectivity index (χ3v) is 5.67. The molecule has 2 aliphatic rings. The minimum Gasteiger partial charge on any atom is -0.495 e. The fourth-order valence-electron chi connectivity index (χ4n) is 3.78. The Balaban J connectivity index is 1.34. The average molecular weight is 415 g/mol. The summed E-state index contributed by atoms with van der Waals surface area (Å²) in [7, 11) is 1.54. The van der Waals surface area contributed by atoms with Crippen LogP contribution in [-0.2, 0) is 9.59 Å². The van der Waals surface area contributed by atoms with Crippen LogP contribution in [0.25, 0.3) is 0 Å². The second-order valence-corrected chi connectivity index (χ2v) is 7.93. The number of likely N-dealkylation sites (tertiary alicyclic amines) is 1. The van der Waals surface area contributed by atoms with Crippen molar-refractivity contribution in [1.82, 2.24) is 4.90 Å². The zero-order valence-electron chi connectivity index (χ0n) is 16.4. The van der Waals surface area contributed by atoms with Crippen molar-refractivity contribution in [3.05, 3.63) is 53.1 Å². The lowest BCUT2D eigenvalue weighted by atomic mass is 10.0. The van der Waals surface area contributed by atoms with E-state index in [1.54, 1.807) is 35.1 Å². The molecule has 2 heterocycles. The van der Waals surface area contributed by atoms with Crippen LogP contribution in [0, 0.1) is 12.8 Å². The van der Waals surface area contributed by atoms with E-state index in [4.69, 9.17) is 21.1 Å². The Hall–Kier alpha value is -2.73. The Morgan fingerprint density at radius 1 is 1.14 bits per heavy atom. The van der Waals surface area contributed by atoms with Gasteiger partial charge in [-0.3, -0.25) is 9.59 Å². The summed E-state index contributed by atoms with van der Waals surface area (Å²) in [5, 5.41) is 0.437. The molecule has 0 aromatic heterocycles. The Bertz CT molecular complexity index is 942. The summed E-state index contributed by atoms with van der Waals surface area (Å²) in [6, 6.07) is 13.1. The van der Waals surface area contributed by atoms with Crippen LogP contribution in [0.4, 0.5) is 5.69 Å². The van der Waals surface area contributed by atoms with Crippen LogP contribution < -0.4 is 14.4 Å². The van der Waals surface area contributed by atoms with E-state index in [0.717, 1.165) is 11.3 Å². The minimum atomic E-state index is -0.344. The molecule has 2 amide bonds. The molecule has 0 saturated carbocycles. The molecule has 7 heteroatoms. The third kappa shape index (κ3) is 4.03. The van der Waals surface area contributed by atoms with Crippen LogP contribution in [0.2, 0.25) is 5.02 Å². The number of hydrogen-bond acceptors (Lipinski definition) is 4. The number of anilines is 1. The molecule has 0 N–H and O–H groups in total. The lowest BCUT2D eigenvalue weighted by molar-refractivity contribution is -0.144. The molecule has 0 radical (unpaired) electrons. The van der Waals surface area contributed by atoms with E-state index in [1.807, 2.05) is 31.2 Å². The summed E-state index contributed by atoms with van der Waals surface area (Å²) in [6.45, 7) is 3.47. The van der Waals surface area contributed by atoms with Crippen LogP contribution in [-0.4, -0.2) is 49.6 Å². The van der Waals surface area contributed by atoms with Crippen molar-refractivity contribution in [2.24, 2.45) is 5.92 Å². The van der Waals surface area contributed by atoms with E-state index in [-0.39, 0.29) is 30.3 Å². The number of benzene rings is 2. The highest BCUT2D eigenvalue weighted by Gasteiger charge is 2.41. The van der Waals surface area contributed by atoms with Crippen molar-refractivity contribution in [2.75, 3.05) is 31.6 Å². The van der Waals surface area contributed by atoms with Gasteiger partial charge in [-0.25, -0.2) is 0 Å². The van der Waals surface area contributed by atoms with E-state index in [9.17, 15) is 9.59 Å². The van der Waals surface area contributed by atoms with Crippen molar-refractivity contribution in [2.45, 2.75) is 19.4 Å². The Morgan fingerprint density at radius 3 is 2.62 bits per heavy atom. The maximum atomic E-state index is 12.8. The molecule has 2 aromatic rings. The lowest BCUT2D eigenvalue weighted by Crippen LogP contribution is -2.57. The molecule has 2 fully saturated rings. The maximum absolute atomic E-state index is 12.8. The first kappa shape index (κ1) is 19.6. The van der Waals surface area contributed by atoms with Gasteiger partial charge in [0, 0.05) is 18.7 Å². The molecule has 0 bridgehead atoms. The van der Waals surface area contributed by atoms with Gasteiger partial charge in [0.2, 0.25) is 11.8 Å².